The second-order valence-corrected chi connectivity index (χ2v) is 6.50. The number of hydrogen-bond donors (Lipinski definition) is 0. The molecule has 2 rings (SSSR count). The summed E-state index contributed by atoms with van der Waals surface area (Å²) in [5.41, 5.74) is 0. The summed E-state index contributed by atoms with van der Waals surface area (Å²) in [6.45, 7) is 6.74. The Bertz CT molecular complexity index is 508. The molecule has 0 spiro atoms. The van der Waals surface area contributed by atoms with Crippen LogP contribution in [0, 0.1) is 0 Å². The summed E-state index contributed by atoms with van der Waals surface area (Å²) in [5.74, 6) is 0.593. The van der Waals surface area contributed by atoms with Gasteiger partial charge in [0.15, 0.2) is 9.84 Å². The Labute approximate surface area is 108 Å². The number of nitrogens with zero attached hydrogens (tertiary/aromatic N) is 3. The zero-order chi connectivity index (χ0) is 13.2. The minimum Gasteiger partial charge on any atom is -0.353 e. The molecule has 0 saturated carbocycles. The summed E-state index contributed by atoms with van der Waals surface area (Å²) >= 11 is 0. The van der Waals surface area contributed by atoms with Crippen LogP contribution in [-0.2, 0) is 9.84 Å². The first-order valence-electron chi connectivity index (χ1n) is 6.14. The summed E-state index contributed by atoms with van der Waals surface area (Å²) in [6, 6.07) is 3.30. The minimum atomic E-state index is -3.22. The summed E-state index contributed by atoms with van der Waals surface area (Å²) in [6.07, 6.45) is 2.88. The first-order chi connectivity index (χ1) is 8.52. The lowest BCUT2D eigenvalue weighted by molar-refractivity contribution is 0.270. The molecule has 1 aliphatic rings. The van der Waals surface area contributed by atoms with Crippen LogP contribution in [0.3, 0.4) is 0 Å². The number of piperazine rings is 1. The highest BCUT2D eigenvalue weighted by molar-refractivity contribution is 7.90. The highest BCUT2D eigenvalue weighted by Crippen LogP contribution is 2.23. The maximum atomic E-state index is 11.7. The predicted molar refractivity (Wildman–Crippen MR) is 71.7 cm³/mol. The quantitative estimate of drug-likeness (QED) is 0.805. The molecule has 1 fully saturated rings. The molecule has 0 aliphatic carbocycles. The highest BCUT2D eigenvalue weighted by Gasteiger charge is 2.22. The van der Waals surface area contributed by atoms with Crippen molar-refractivity contribution in [2.24, 2.45) is 0 Å². The van der Waals surface area contributed by atoms with E-state index in [2.05, 4.69) is 21.7 Å². The molecular formula is C12H19N3O2S. The van der Waals surface area contributed by atoms with Crippen LogP contribution >= 0.6 is 0 Å². The Morgan fingerprint density at radius 2 is 1.94 bits per heavy atom. The molecule has 100 valence electrons. The largest absolute Gasteiger partial charge is 0.353 e. The van der Waals surface area contributed by atoms with Gasteiger partial charge in [-0.2, -0.15) is 0 Å². The smallest absolute Gasteiger partial charge is 0.179 e. The molecule has 0 aromatic carbocycles. The predicted octanol–water partition coefficient (Wildman–Crippen LogP) is 0.627. The Morgan fingerprint density at radius 1 is 1.28 bits per heavy atom. The molecule has 1 aromatic rings. The first-order valence-corrected chi connectivity index (χ1v) is 8.04. The Hall–Kier alpha value is -1.14. The topological polar surface area (TPSA) is 53.5 Å². The molecule has 6 heteroatoms. The van der Waals surface area contributed by atoms with Crippen LogP contribution in [0.5, 0.6) is 0 Å². The number of pyridine rings is 1. The maximum absolute atomic E-state index is 11.7. The van der Waals surface area contributed by atoms with Crippen LogP contribution in [0.1, 0.15) is 6.92 Å². The molecule has 1 aromatic heterocycles. The molecule has 0 radical (unpaired) electrons. The van der Waals surface area contributed by atoms with Gasteiger partial charge in [0.1, 0.15) is 10.7 Å². The first kappa shape index (κ1) is 13.3. The maximum Gasteiger partial charge on any atom is 0.179 e. The van der Waals surface area contributed by atoms with Gasteiger partial charge in [-0.15, -0.1) is 0 Å². The van der Waals surface area contributed by atoms with Crippen LogP contribution in [0.25, 0.3) is 0 Å². The van der Waals surface area contributed by atoms with Crippen molar-refractivity contribution in [1.82, 2.24) is 9.88 Å². The molecule has 5 nitrogen and oxygen atoms in total. The van der Waals surface area contributed by atoms with Crippen molar-refractivity contribution in [2.75, 3.05) is 43.9 Å². The van der Waals surface area contributed by atoms with Gasteiger partial charge in [0.05, 0.1) is 0 Å². The van der Waals surface area contributed by atoms with Crippen molar-refractivity contribution in [3.63, 3.8) is 0 Å². The van der Waals surface area contributed by atoms with E-state index in [1.54, 1.807) is 18.3 Å². The van der Waals surface area contributed by atoms with Gasteiger partial charge in [0.25, 0.3) is 0 Å². The van der Waals surface area contributed by atoms with E-state index in [-0.39, 0.29) is 0 Å². The fourth-order valence-electron chi connectivity index (χ4n) is 2.19. The van der Waals surface area contributed by atoms with Gasteiger partial charge in [-0.25, -0.2) is 13.4 Å². The molecule has 18 heavy (non-hydrogen) atoms. The lowest BCUT2D eigenvalue weighted by Gasteiger charge is -2.35. The van der Waals surface area contributed by atoms with Gasteiger partial charge >= 0.3 is 0 Å². The molecular weight excluding hydrogens is 250 g/mol. The standard InChI is InChI=1S/C12H19N3O2S/c1-3-14-7-9-15(10-8-14)12-11(18(2,16)17)5-4-6-13-12/h4-6H,3,7-10H2,1-2H3. The normalized spacial score (nSPS) is 18.0. The summed E-state index contributed by atoms with van der Waals surface area (Å²) in [5, 5.41) is 0. The van der Waals surface area contributed by atoms with Gasteiger partial charge in [0, 0.05) is 38.6 Å². The minimum absolute atomic E-state index is 0.329. The van der Waals surface area contributed by atoms with Crippen molar-refractivity contribution >= 4 is 15.7 Å². The van der Waals surface area contributed by atoms with E-state index in [0.29, 0.717) is 10.7 Å². The number of anilines is 1. The van der Waals surface area contributed by atoms with Crippen LogP contribution in [0.15, 0.2) is 23.2 Å². The van der Waals surface area contributed by atoms with Crippen molar-refractivity contribution in [1.29, 1.82) is 0 Å². The van der Waals surface area contributed by atoms with Crippen molar-refractivity contribution in [2.45, 2.75) is 11.8 Å². The fourth-order valence-corrected chi connectivity index (χ4v) is 3.02. The highest BCUT2D eigenvalue weighted by atomic mass is 32.2. The number of sulfone groups is 1. The Balaban J connectivity index is 2.25. The van der Waals surface area contributed by atoms with E-state index >= 15 is 0 Å². The molecule has 0 bridgehead atoms. The molecule has 0 N–H and O–H groups in total. The average molecular weight is 269 g/mol. The molecule has 1 saturated heterocycles. The summed E-state index contributed by atoms with van der Waals surface area (Å²) in [7, 11) is -3.22. The fraction of sp³-hybridized carbons (Fsp3) is 0.583. The molecule has 0 amide bonds. The van der Waals surface area contributed by atoms with Gasteiger partial charge in [-0.05, 0) is 18.7 Å². The Morgan fingerprint density at radius 3 is 2.50 bits per heavy atom. The number of likely N-dealkylation sites (N-methyl/N-ethyl adjacent to an activating group) is 1. The third-order valence-corrected chi connectivity index (χ3v) is 4.39. The second-order valence-electron chi connectivity index (χ2n) is 4.52. The van der Waals surface area contributed by atoms with Crippen molar-refractivity contribution in [3.8, 4) is 0 Å². The van der Waals surface area contributed by atoms with E-state index in [0.717, 1.165) is 32.7 Å². The van der Waals surface area contributed by atoms with E-state index in [4.69, 9.17) is 0 Å². The van der Waals surface area contributed by atoms with Crippen LogP contribution < -0.4 is 4.90 Å². The zero-order valence-corrected chi connectivity index (χ0v) is 11.7. The summed E-state index contributed by atoms with van der Waals surface area (Å²) in [4.78, 5) is 8.98. The Kier molecular flexibility index (Phi) is 3.87. The number of hydrogen-bond acceptors (Lipinski definition) is 5. The molecule has 2 heterocycles. The monoisotopic (exact) mass is 269 g/mol. The lowest BCUT2D eigenvalue weighted by Crippen LogP contribution is -2.46. The van der Waals surface area contributed by atoms with Gasteiger partial charge in [-0.1, -0.05) is 6.92 Å². The van der Waals surface area contributed by atoms with E-state index in [9.17, 15) is 8.42 Å². The number of aromatic nitrogens is 1. The summed E-state index contributed by atoms with van der Waals surface area (Å²) < 4.78 is 23.5. The van der Waals surface area contributed by atoms with Gasteiger partial charge in [0.2, 0.25) is 0 Å². The molecule has 1 aliphatic heterocycles. The van der Waals surface area contributed by atoms with Gasteiger partial charge in [-0.3, -0.25) is 0 Å². The third kappa shape index (κ3) is 2.81. The van der Waals surface area contributed by atoms with Gasteiger partial charge < -0.3 is 9.80 Å². The van der Waals surface area contributed by atoms with Crippen LogP contribution in [-0.4, -0.2) is 57.3 Å². The van der Waals surface area contributed by atoms with Crippen molar-refractivity contribution < 1.29 is 8.42 Å². The van der Waals surface area contributed by atoms with Crippen molar-refractivity contribution in [3.05, 3.63) is 18.3 Å². The average Bonchev–Trinajstić information content (AvgIpc) is 2.38. The van der Waals surface area contributed by atoms with E-state index in [1.165, 1.54) is 6.26 Å². The second kappa shape index (κ2) is 5.24. The third-order valence-electron chi connectivity index (χ3n) is 3.27. The SMILES string of the molecule is CCN1CCN(c2ncccc2S(C)(=O)=O)CC1. The molecule has 0 unspecified atom stereocenters. The lowest BCUT2D eigenvalue weighted by atomic mass is 10.3. The van der Waals surface area contributed by atoms with Crippen LogP contribution in [0.4, 0.5) is 5.82 Å². The van der Waals surface area contributed by atoms with E-state index in [1.807, 2.05) is 0 Å². The number of rotatable bonds is 3. The van der Waals surface area contributed by atoms with Crippen LogP contribution in [0.2, 0.25) is 0 Å². The van der Waals surface area contributed by atoms with E-state index < -0.39 is 9.84 Å². The zero-order valence-electron chi connectivity index (χ0n) is 10.8. The molecule has 0 atom stereocenters.